The summed E-state index contributed by atoms with van der Waals surface area (Å²) in [6.45, 7) is 1.09. The number of nitrogens with zero attached hydrogens (tertiary/aromatic N) is 3. The second kappa shape index (κ2) is 9.72. The van der Waals surface area contributed by atoms with Crippen LogP contribution >= 0.6 is 0 Å². The van der Waals surface area contributed by atoms with Crippen molar-refractivity contribution in [2.45, 2.75) is 37.0 Å². The number of piperidine rings is 1. The molecule has 0 saturated carbocycles. The van der Waals surface area contributed by atoms with E-state index in [1.807, 2.05) is 11.6 Å². The molecule has 2 heterocycles. The normalized spacial score (nSPS) is 14.8. The van der Waals surface area contributed by atoms with E-state index in [0.717, 1.165) is 24.8 Å². The fourth-order valence-electron chi connectivity index (χ4n) is 3.94. The highest BCUT2D eigenvalue weighted by atomic mass is 32.2. The Balaban J connectivity index is 1.40. The zero-order valence-electron chi connectivity index (χ0n) is 18.5. The first-order valence-corrected chi connectivity index (χ1v) is 12.4. The summed E-state index contributed by atoms with van der Waals surface area (Å²) in [5.41, 5.74) is 6.62. The van der Waals surface area contributed by atoms with Gasteiger partial charge in [-0.2, -0.15) is 4.31 Å². The molecule has 174 valence electrons. The summed E-state index contributed by atoms with van der Waals surface area (Å²) < 4.78 is 29.3. The summed E-state index contributed by atoms with van der Waals surface area (Å²) in [5, 5.41) is 0. The molecule has 0 unspecified atom stereocenters. The Hall–Kier alpha value is -3.24. The second-order valence-electron chi connectivity index (χ2n) is 8.07. The number of aromatic nitrogens is 2. The molecule has 2 N–H and O–H groups in total. The van der Waals surface area contributed by atoms with E-state index < -0.39 is 15.9 Å². The Bertz CT molecular complexity index is 1260. The van der Waals surface area contributed by atoms with Crippen LogP contribution in [0.4, 0.5) is 0 Å². The third-order valence-electron chi connectivity index (χ3n) is 5.82. The first-order valence-electron chi connectivity index (χ1n) is 11.0. The van der Waals surface area contributed by atoms with E-state index in [4.69, 9.17) is 0 Å². The number of sulfonamides is 1. The predicted octanol–water partition coefficient (Wildman–Crippen LogP) is 2.14. The fourth-order valence-corrected chi connectivity index (χ4v) is 5.48. The number of benzene rings is 2. The molecule has 0 atom stereocenters. The topological polar surface area (TPSA) is 113 Å². The first-order chi connectivity index (χ1) is 15.9. The Kier molecular flexibility index (Phi) is 6.75. The first kappa shape index (κ1) is 22.9. The van der Waals surface area contributed by atoms with Gasteiger partial charge in [-0.05, 0) is 43.2 Å². The van der Waals surface area contributed by atoms with Crippen LogP contribution in [0.5, 0.6) is 0 Å². The van der Waals surface area contributed by atoms with Crippen molar-refractivity contribution in [1.82, 2.24) is 24.7 Å². The molecule has 4 rings (SSSR count). The largest absolute Gasteiger partial charge is 0.331 e. The number of rotatable bonds is 6. The van der Waals surface area contributed by atoms with Crippen molar-refractivity contribution < 1.29 is 18.0 Å². The highest BCUT2D eigenvalue weighted by Crippen LogP contribution is 2.24. The molecule has 1 aliphatic rings. The molecule has 3 aromatic rings. The summed E-state index contributed by atoms with van der Waals surface area (Å²) in [4.78, 5) is 29.0. The summed E-state index contributed by atoms with van der Waals surface area (Å²) in [6.07, 6.45) is 3.27. The minimum absolute atomic E-state index is 0.116. The maximum atomic E-state index is 13.0. The number of hydrogen-bond donors (Lipinski definition) is 2. The molecule has 9 nitrogen and oxygen atoms in total. The lowest BCUT2D eigenvalue weighted by atomic mass is 10.2. The van der Waals surface area contributed by atoms with Crippen LogP contribution in [0.3, 0.4) is 0 Å². The lowest BCUT2D eigenvalue weighted by Gasteiger charge is -2.25. The van der Waals surface area contributed by atoms with Gasteiger partial charge in [-0.3, -0.25) is 20.4 Å². The number of hydrogen-bond acceptors (Lipinski definition) is 5. The van der Waals surface area contributed by atoms with Gasteiger partial charge in [0.25, 0.3) is 5.91 Å². The number of carbonyl (C=O) groups is 2. The number of imidazole rings is 1. The molecule has 0 spiro atoms. The summed E-state index contributed by atoms with van der Waals surface area (Å²) in [6, 6.07) is 13.6. The molecule has 0 radical (unpaired) electrons. The molecule has 2 amide bonds. The predicted molar refractivity (Wildman–Crippen MR) is 124 cm³/mol. The van der Waals surface area contributed by atoms with E-state index in [1.54, 1.807) is 48.5 Å². The lowest BCUT2D eigenvalue weighted by molar-refractivity contribution is -0.121. The molecule has 33 heavy (non-hydrogen) atoms. The molecule has 1 fully saturated rings. The average molecular weight is 470 g/mol. The standard InChI is InChI=1S/C23H27N5O4S/c1-27-20-11-10-18(33(31,32)28-14-6-3-7-15-28)16-19(20)24-21(27)12-13-22(29)25-26-23(30)17-8-4-2-5-9-17/h2,4-5,8-11,16H,3,6-7,12-15H2,1H3,(H,25,29)(H,26,30). The maximum absolute atomic E-state index is 13.0. The molecule has 10 heteroatoms. The van der Waals surface area contributed by atoms with Gasteiger partial charge in [0.05, 0.1) is 15.9 Å². The van der Waals surface area contributed by atoms with Crippen molar-refractivity contribution in [3.8, 4) is 0 Å². The van der Waals surface area contributed by atoms with Crippen molar-refractivity contribution >= 4 is 32.9 Å². The SMILES string of the molecule is Cn1c(CCC(=O)NNC(=O)c2ccccc2)nc2cc(S(=O)(=O)N3CCCCC3)ccc21. The van der Waals surface area contributed by atoms with Crippen LogP contribution in [-0.2, 0) is 28.3 Å². The Morgan fingerprint density at radius 2 is 1.73 bits per heavy atom. The second-order valence-corrected chi connectivity index (χ2v) is 10.0. The number of carbonyl (C=O) groups excluding carboxylic acids is 2. The number of fused-ring (bicyclic) bond motifs is 1. The van der Waals surface area contributed by atoms with Crippen LogP contribution in [-0.4, -0.2) is 47.2 Å². The summed E-state index contributed by atoms with van der Waals surface area (Å²) in [5.74, 6) is -0.0871. The van der Waals surface area contributed by atoms with E-state index in [1.165, 1.54) is 4.31 Å². The van der Waals surface area contributed by atoms with E-state index in [-0.39, 0.29) is 17.2 Å². The smallest absolute Gasteiger partial charge is 0.269 e. The van der Waals surface area contributed by atoms with Crippen molar-refractivity contribution in [3.05, 3.63) is 59.9 Å². The number of amides is 2. The third kappa shape index (κ3) is 5.07. The van der Waals surface area contributed by atoms with Gasteiger partial charge in [0, 0.05) is 38.5 Å². The van der Waals surface area contributed by atoms with Crippen LogP contribution in [0.15, 0.2) is 53.4 Å². The van der Waals surface area contributed by atoms with Crippen LogP contribution in [0.1, 0.15) is 41.9 Å². The van der Waals surface area contributed by atoms with Gasteiger partial charge in [0.1, 0.15) is 5.82 Å². The van der Waals surface area contributed by atoms with E-state index in [0.29, 0.717) is 36.4 Å². The minimum atomic E-state index is -3.54. The van der Waals surface area contributed by atoms with Gasteiger partial charge >= 0.3 is 0 Å². The highest BCUT2D eigenvalue weighted by molar-refractivity contribution is 7.89. The molecule has 1 saturated heterocycles. The monoisotopic (exact) mass is 469 g/mol. The van der Waals surface area contributed by atoms with Crippen molar-refractivity contribution in [2.75, 3.05) is 13.1 Å². The van der Waals surface area contributed by atoms with Gasteiger partial charge in [-0.1, -0.05) is 24.6 Å². The van der Waals surface area contributed by atoms with E-state index >= 15 is 0 Å². The van der Waals surface area contributed by atoms with Gasteiger partial charge < -0.3 is 4.57 Å². The third-order valence-corrected chi connectivity index (χ3v) is 7.72. The lowest BCUT2D eigenvalue weighted by Crippen LogP contribution is -2.41. The van der Waals surface area contributed by atoms with Crippen LogP contribution in [0, 0.1) is 0 Å². The number of nitrogens with one attached hydrogen (secondary N) is 2. The van der Waals surface area contributed by atoms with Crippen molar-refractivity contribution in [1.29, 1.82) is 0 Å². The minimum Gasteiger partial charge on any atom is -0.331 e. The van der Waals surface area contributed by atoms with Crippen molar-refractivity contribution in [3.63, 3.8) is 0 Å². The van der Waals surface area contributed by atoms with E-state index in [9.17, 15) is 18.0 Å². The Labute approximate surface area is 192 Å². The zero-order valence-corrected chi connectivity index (χ0v) is 19.3. The quantitative estimate of drug-likeness (QED) is 0.537. The molecular formula is C23H27N5O4S. The molecule has 0 bridgehead atoms. The van der Waals surface area contributed by atoms with Gasteiger partial charge in [-0.25, -0.2) is 13.4 Å². The summed E-state index contributed by atoms with van der Waals surface area (Å²) in [7, 11) is -1.71. The Morgan fingerprint density at radius 3 is 2.45 bits per heavy atom. The number of hydrazine groups is 1. The van der Waals surface area contributed by atoms with Crippen LogP contribution in [0.2, 0.25) is 0 Å². The molecule has 1 aromatic heterocycles. The number of aryl methyl sites for hydroxylation is 2. The average Bonchev–Trinajstić information content (AvgIpc) is 3.17. The maximum Gasteiger partial charge on any atom is 0.269 e. The zero-order chi connectivity index (χ0) is 23.4. The van der Waals surface area contributed by atoms with Crippen LogP contribution in [0.25, 0.3) is 11.0 Å². The molecule has 1 aliphatic heterocycles. The molecular weight excluding hydrogens is 442 g/mol. The highest BCUT2D eigenvalue weighted by Gasteiger charge is 2.26. The summed E-state index contributed by atoms with van der Waals surface area (Å²) >= 11 is 0. The fraction of sp³-hybridized carbons (Fsp3) is 0.348. The van der Waals surface area contributed by atoms with Gasteiger partial charge in [-0.15, -0.1) is 0 Å². The van der Waals surface area contributed by atoms with Gasteiger partial charge in [0.15, 0.2) is 0 Å². The van der Waals surface area contributed by atoms with Crippen molar-refractivity contribution in [2.24, 2.45) is 7.05 Å². The van der Waals surface area contributed by atoms with Crippen LogP contribution < -0.4 is 10.9 Å². The molecule has 0 aliphatic carbocycles. The Morgan fingerprint density at radius 1 is 1.00 bits per heavy atom. The van der Waals surface area contributed by atoms with E-state index in [2.05, 4.69) is 15.8 Å². The van der Waals surface area contributed by atoms with Gasteiger partial charge in [0.2, 0.25) is 15.9 Å². The molecule has 2 aromatic carbocycles.